The van der Waals surface area contributed by atoms with Gasteiger partial charge in [0, 0.05) is 12.5 Å². The highest BCUT2D eigenvalue weighted by atomic mass is 32.2. The zero-order chi connectivity index (χ0) is 19.2. The highest BCUT2D eigenvalue weighted by Gasteiger charge is 2.25. The molecule has 10 heteroatoms. The van der Waals surface area contributed by atoms with Crippen LogP contribution in [0.15, 0.2) is 25.9 Å². The van der Waals surface area contributed by atoms with Gasteiger partial charge in [-0.2, -0.15) is 0 Å². The van der Waals surface area contributed by atoms with E-state index in [0.29, 0.717) is 27.4 Å². The third-order valence-electron chi connectivity index (χ3n) is 4.06. The number of nitrogens with one attached hydrogen (secondary N) is 1. The van der Waals surface area contributed by atoms with Crippen LogP contribution in [0.2, 0.25) is 0 Å². The zero-order valence-electron chi connectivity index (χ0n) is 14.7. The molecule has 27 heavy (non-hydrogen) atoms. The normalized spacial score (nSPS) is 14.3. The van der Waals surface area contributed by atoms with Crippen molar-refractivity contribution in [2.75, 3.05) is 5.32 Å². The second-order valence-electron chi connectivity index (χ2n) is 6.04. The second kappa shape index (κ2) is 9.14. The fourth-order valence-corrected chi connectivity index (χ4v) is 4.26. The van der Waals surface area contributed by atoms with Crippen molar-refractivity contribution >= 4 is 40.1 Å². The third-order valence-corrected chi connectivity index (χ3v) is 6.06. The Hall–Kier alpha value is -2.20. The Morgan fingerprint density at radius 2 is 2.15 bits per heavy atom. The van der Waals surface area contributed by atoms with Crippen LogP contribution in [-0.4, -0.2) is 22.1 Å². The average Bonchev–Trinajstić information content (AvgIpc) is 3.34. The van der Waals surface area contributed by atoms with Gasteiger partial charge in [-0.05, 0) is 12.8 Å². The quantitative estimate of drug-likeness (QED) is 0.421. The predicted octanol–water partition coefficient (Wildman–Crippen LogP) is 3.23. The molecule has 0 aromatic carbocycles. The maximum atomic E-state index is 12.1. The number of thioether (sulfide) groups is 1. The fourth-order valence-electron chi connectivity index (χ4n) is 2.60. The number of hydrogen-bond acceptors (Lipinski definition) is 9. The van der Waals surface area contributed by atoms with Crippen LogP contribution < -0.4 is 15.5 Å². The Morgan fingerprint density at radius 3 is 2.85 bits per heavy atom. The number of carbonyl (C=O) groups excluding carboxylic acids is 2. The Balaban J connectivity index is 1.55. The third kappa shape index (κ3) is 5.39. The first-order valence-electron chi connectivity index (χ1n) is 8.64. The molecular weight excluding hydrogens is 390 g/mol. The molecule has 8 nitrogen and oxygen atoms in total. The molecule has 1 N–H and O–H groups in total. The number of hydrogen-bond donors (Lipinski definition) is 1. The Bertz CT molecular complexity index is 873. The van der Waals surface area contributed by atoms with E-state index >= 15 is 0 Å². The van der Waals surface area contributed by atoms with Crippen LogP contribution in [0, 0.1) is 5.92 Å². The SMILES string of the molecule is CCC(=O)Nc1nnc(SCc2cc(=O)c(OC(=O)C3CCCC3)co2)s1. The summed E-state index contributed by atoms with van der Waals surface area (Å²) < 4.78 is 11.2. The maximum absolute atomic E-state index is 12.1. The highest BCUT2D eigenvalue weighted by Crippen LogP contribution is 2.29. The molecule has 2 aromatic rings. The minimum atomic E-state index is -0.392. The summed E-state index contributed by atoms with van der Waals surface area (Å²) >= 11 is 2.58. The number of nitrogens with zero attached hydrogens (tertiary/aromatic N) is 2. The molecule has 2 heterocycles. The molecule has 0 saturated heterocycles. The van der Waals surface area contributed by atoms with Gasteiger partial charge >= 0.3 is 5.97 Å². The van der Waals surface area contributed by atoms with Crippen molar-refractivity contribution in [2.45, 2.75) is 49.1 Å². The van der Waals surface area contributed by atoms with Crippen molar-refractivity contribution in [2.24, 2.45) is 5.92 Å². The van der Waals surface area contributed by atoms with Crippen molar-refractivity contribution in [3.8, 4) is 5.75 Å². The molecule has 2 aromatic heterocycles. The molecule has 0 spiro atoms. The van der Waals surface area contributed by atoms with Gasteiger partial charge < -0.3 is 14.5 Å². The molecule has 0 bridgehead atoms. The van der Waals surface area contributed by atoms with Gasteiger partial charge in [0.05, 0.1) is 11.7 Å². The van der Waals surface area contributed by atoms with Gasteiger partial charge in [0.15, 0.2) is 4.34 Å². The molecule has 1 aliphatic rings. The number of amides is 1. The highest BCUT2D eigenvalue weighted by molar-refractivity contribution is 8.00. The topological polar surface area (TPSA) is 111 Å². The van der Waals surface area contributed by atoms with Gasteiger partial charge in [-0.1, -0.05) is 42.9 Å². The number of rotatable bonds is 7. The average molecular weight is 409 g/mol. The smallest absolute Gasteiger partial charge is 0.314 e. The van der Waals surface area contributed by atoms with Gasteiger partial charge in [0.2, 0.25) is 22.2 Å². The van der Waals surface area contributed by atoms with Gasteiger partial charge in [-0.15, -0.1) is 10.2 Å². The van der Waals surface area contributed by atoms with Crippen LogP contribution >= 0.6 is 23.1 Å². The number of ether oxygens (including phenoxy) is 1. The number of carbonyl (C=O) groups is 2. The van der Waals surface area contributed by atoms with Crippen molar-refractivity contribution in [3.05, 3.63) is 28.3 Å². The molecule has 0 radical (unpaired) electrons. The number of anilines is 1. The summed E-state index contributed by atoms with van der Waals surface area (Å²) in [7, 11) is 0. The van der Waals surface area contributed by atoms with Gasteiger partial charge in [0.25, 0.3) is 0 Å². The van der Waals surface area contributed by atoms with Crippen LogP contribution in [0.1, 0.15) is 44.8 Å². The Labute approximate surface area is 163 Å². The largest absolute Gasteiger partial charge is 0.464 e. The monoisotopic (exact) mass is 409 g/mol. The van der Waals surface area contributed by atoms with E-state index in [2.05, 4.69) is 15.5 Å². The van der Waals surface area contributed by atoms with Crippen LogP contribution in [0.3, 0.4) is 0 Å². The second-order valence-corrected chi connectivity index (χ2v) is 8.24. The predicted molar refractivity (Wildman–Crippen MR) is 101 cm³/mol. The molecule has 144 valence electrons. The van der Waals surface area contributed by atoms with Crippen LogP contribution in [0.25, 0.3) is 0 Å². The van der Waals surface area contributed by atoms with E-state index in [0.717, 1.165) is 25.7 Å². The first-order chi connectivity index (χ1) is 13.0. The minimum Gasteiger partial charge on any atom is -0.464 e. The Morgan fingerprint density at radius 1 is 1.37 bits per heavy atom. The van der Waals surface area contributed by atoms with Crippen molar-refractivity contribution < 1.29 is 18.7 Å². The van der Waals surface area contributed by atoms with E-state index in [1.165, 1.54) is 35.4 Å². The van der Waals surface area contributed by atoms with Crippen molar-refractivity contribution in [1.82, 2.24) is 10.2 Å². The minimum absolute atomic E-state index is 0.0823. The summed E-state index contributed by atoms with van der Waals surface area (Å²) in [6.45, 7) is 1.75. The zero-order valence-corrected chi connectivity index (χ0v) is 16.4. The van der Waals surface area contributed by atoms with Crippen LogP contribution in [0.5, 0.6) is 5.75 Å². The van der Waals surface area contributed by atoms with Crippen molar-refractivity contribution in [1.29, 1.82) is 0 Å². The van der Waals surface area contributed by atoms with E-state index in [1.54, 1.807) is 6.92 Å². The molecule has 1 aliphatic carbocycles. The first-order valence-corrected chi connectivity index (χ1v) is 10.4. The fraction of sp³-hybridized carbons (Fsp3) is 0.471. The van der Waals surface area contributed by atoms with Crippen molar-refractivity contribution in [3.63, 3.8) is 0 Å². The van der Waals surface area contributed by atoms with E-state index in [9.17, 15) is 14.4 Å². The summed E-state index contributed by atoms with van der Waals surface area (Å²) in [5.41, 5.74) is -0.392. The van der Waals surface area contributed by atoms with E-state index in [1.807, 2.05) is 0 Å². The lowest BCUT2D eigenvalue weighted by Gasteiger charge is -2.08. The summed E-state index contributed by atoms with van der Waals surface area (Å²) in [6.07, 6.45) is 5.19. The molecule has 1 fully saturated rings. The number of aromatic nitrogens is 2. The molecular formula is C17H19N3O5S2. The number of esters is 1. The van der Waals surface area contributed by atoms with E-state index in [-0.39, 0.29) is 23.5 Å². The molecule has 0 aliphatic heterocycles. The van der Waals surface area contributed by atoms with Gasteiger partial charge in [-0.25, -0.2) is 0 Å². The molecule has 3 rings (SSSR count). The Kier molecular flexibility index (Phi) is 6.62. The van der Waals surface area contributed by atoms with Gasteiger partial charge in [0.1, 0.15) is 12.0 Å². The molecule has 1 amide bonds. The first kappa shape index (κ1) is 19.6. The lowest BCUT2D eigenvalue weighted by Crippen LogP contribution is -2.21. The molecule has 0 atom stereocenters. The van der Waals surface area contributed by atoms with E-state index in [4.69, 9.17) is 9.15 Å². The summed E-state index contributed by atoms with van der Waals surface area (Å²) in [5.74, 6) is 0.0945. The van der Waals surface area contributed by atoms with Gasteiger partial charge in [-0.3, -0.25) is 14.4 Å². The lowest BCUT2D eigenvalue weighted by atomic mass is 10.1. The maximum Gasteiger partial charge on any atom is 0.314 e. The van der Waals surface area contributed by atoms with Crippen LogP contribution in [0.4, 0.5) is 5.13 Å². The molecule has 0 unspecified atom stereocenters. The van der Waals surface area contributed by atoms with Crippen LogP contribution in [-0.2, 0) is 15.3 Å². The summed E-state index contributed by atoms with van der Waals surface area (Å²) in [5, 5.41) is 10.9. The van der Waals surface area contributed by atoms with E-state index < -0.39 is 5.43 Å². The standard InChI is InChI=1S/C17H19N3O5S2/c1-2-14(22)18-16-19-20-17(27-16)26-9-11-7-12(21)13(8-24-11)25-15(23)10-5-3-4-6-10/h7-8,10H,2-6,9H2,1H3,(H,18,19,22). The summed E-state index contributed by atoms with van der Waals surface area (Å²) in [6, 6.07) is 1.31. The summed E-state index contributed by atoms with van der Waals surface area (Å²) in [4.78, 5) is 35.5. The lowest BCUT2D eigenvalue weighted by molar-refractivity contribution is -0.138. The molecule has 1 saturated carbocycles.